The molecule has 0 aromatic rings. The Kier molecular flexibility index (Phi) is 2.05. The van der Waals surface area contributed by atoms with Crippen molar-refractivity contribution < 1.29 is 20.4 Å². The van der Waals surface area contributed by atoms with Gasteiger partial charge in [-0.15, -0.1) is 0 Å². The molecule has 0 aromatic heterocycles. The quantitative estimate of drug-likeness (QED) is 0.298. The molecule has 0 radical (unpaired) electrons. The van der Waals surface area contributed by atoms with E-state index < -0.39 is 24.4 Å². The second-order valence-electron chi connectivity index (χ2n) is 2.35. The summed E-state index contributed by atoms with van der Waals surface area (Å²) >= 11 is 0. The van der Waals surface area contributed by atoms with Gasteiger partial charge in [-0.25, -0.2) is 0 Å². The number of aliphatic hydroxyl groups excluding tert-OH is 4. The van der Waals surface area contributed by atoms with Crippen LogP contribution >= 0.6 is 0 Å². The molecule has 0 saturated carbocycles. The zero-order valence-corrected chi connectivity index (χ0v) is 5.25. The molecule has 0 aromatic carbocycles. The lowest BCUT2D eigenvalue weighted by Gasteiger charge is -2.27. The molecule has 4 nitrogen and oxygen atoms in total. The van der Waals surface area contributed by atoms with E-state index >= 15 is 0 Å². The maximum absolute atomic E-state index is 8.91. The normalized spacial score (nSPS) is 47.6. The van der Waals surface area contributed by atoms with Crippen LogP contribution in [0.5, 0.6) is 0 Å². The molecule has 0 amide bonds. The highest BCUT2D eigenvalue weighted by atomic mass is 16.4. The van der Waals surface area contributed by atoms with Gasteiger partial charge in [-0.2, -0.15) is 0 Å². The SMILES string of the molecule is O[C@@H]1[C@H](O)[C@H](O)C=C[C@@H]1O. The second kappa shape index (κ2) is 2.67. The zero-order chi connectivity index (χ0) is 7.72. The molecule has 0 aliphatic heterocycles. The fourth-order valence-electron chi connectivity index (χ4n) is 0.859. The smallest absolute Gasteiger partial charge is 0.112 e. The van der Waals surface area contributed by atoms with Crippen LogP contribution in [-0.2, 0) is 0 Å². The van der Waals surface area contributed by atoms with Crippen LogP contribution in [0.25, 0.3) is 0 Å². The van der Waals surface area contributed by atoms with Gasteiger partial charge in [0, 0.05) is 0 Å². The van der Waals surface area contributed by atoms with Gasteiger partial charge in [0.1, 0.15) is 24.4 Å². The minimum absolute atomic E-state index is 1.07. The molecule has 4 N–H and O–H groups in total. The predicted octanol–water partition coefficient (Wildman–Crippen LogP) is -2.00. The first kappa shape index (κ1) is 7.68. The fraction of sp³-hybridized carbons (Fsp3) is 0.667. The standard InChI is InChI=1S/C6H10O4/c7-3-1-2-4(8)6(10)5(3)9/h1-10H/t3-,4+,5-,6+. The molecular weight excluding hydrogens is 136 g/mol. The predicted molar refractivity (Wildman–Crippen MR) is 33.2 cm³/mol. The van der Waals surface area contributed by atoms with E-state index in [4.69, 9.17) is 20.4 Å². The third-order valence-electron chi connectivity index (χ3n) is 1.56. The molecule has 58 valence electrons. The Morgan fingerprint density at radius 1 is 0.700 bits per heavy atom. The van der Waals surface area contributed by atoms with Crippen LogP contribution in [0.1, 0.15) is 0 Å². The van der Waals surface area contributed by atoms with Gasteiger partial charge in [0.15, 0.2) is 0 Å². The van der Waals surface area contributed by atoms with Crippen LogP contribution in [0.3, 0.4) is 0 Å². The van der Waals surface area contributed by atoms with E-state index in [1.54, 1.807) is 0 Å². The first-order chi connectivity index (χ1) is 4.63. The number of rotatable bonds is 0. The van der Waals surface area contributed by atoms with Crippen molar-refractivity contribution in [2.45, 2.75) is 24.4 Å². The molecule has 1 aliphatic carbocycles. The monoisotopic (exact) mass is 146 g/mol. The summed E-state index contributed by atoms with van der Waals surface area (Å²) in [5.74, 6) is 0. The molecule has 0 unspecified atom stereocenters. The number of hydrogen-bond acceptors (Lipinski definition) is 4. The topological polar surface area (TPSA) is 80.9 Å². The van der Waals surface area contributed by atoms with Gasteiger partial charge in [0.05, 0.1) is 0 Å². The fourth-order valence-corrected chi connectivity index (χ4v) is 0.859. The number of aliphatic hydroxyl groups is 4. The van der Waals surface area contributed by atoms with Crippen LogP contribution in [-0.4, -0.2) is 44.8 Å². The lowest BCUT2D eigenvalue weighted by atomic mass is 9.97. The van der Waals surface area contributed by atoms with E-state index in [0.717, 1.165) is 0 Å². The minimum atomic E-state index is -1.28. The molecular formula is C6H10O4. The highest BCUT2D eigenvalue weighted by molar-refractivity contribution is 5.07. The summed E-state index contributed by atoms with van der Waals surface area (Å²) in [6.07, 6.45) is -2.19. The Bertz CT molecular complexity index is 129. The highest BCUT2D eigenvalue weighted by Gasteiger charge is 2.31. The third kappa shape index (κ3) is 1.19. The minimum Gasteiger partial charge on any atom is -0.387 e. The van der Waals surface area contributed by atoms with Crippen molar-refractivity contribution in [1.29, 1.82) is 0 Å². The molecule has 4 heteroatoms. The highest BCUT2D eigenvalue weighted by Crippen LogP contribution is 2.12. The van der Waals surface area contributed by atoms with E-state index in [1.165, 1.54) is 12.2 Å². The zero-order valence-electron chi connectivity index (χ0n) is 5.25. The van der Waals surface area contributed by atoms with Crippen molar-refractivity contribution in [3.05, 3.63) is 12.2 Å². The van der Waals surface area contributed by atoms with Crippen LogP contribution in [0, 0.1) is 0 Å². The third-order valence-corrected chi connectivity index (χ3v) is 1.56. The molecule has 10 heavy (non-hydrogen) atoms. The second-order valence-corrected chi connectivity index (χ2v) is 2.35. The van der Waals surface area contributed by atoms with Crippen molar-refractivity contribution in [3.63, 3.8) is 0 Å². The summed E-state index contributed by atoms with van der Waals surface area (Å²) in [7, 11) is 0. The van der Waals surface area contributed by atoms with Gasteiger partial charge in [-0.05, 0) is 0 Å². The Balaban J connectivity index is 2.69. The Labute approximate surface area is 58.0 Å². The molecule has 4 atom stereocenters. The first-order valence-electron chi connectivity index (χ1n) is 3.03. The Morgan fingerprint density at radius 2 is 1.00 bits per heavy atom. The Morgan fingerprint density at radius 3 is 1.30 bits per heavy atom. The molecule has 1 aliphatic rings. The van der Waals surface area contributed by atoms with Gasteiger partial charge >= 0.3 is 0 Å². The lowest BCUT2D eigenvalue weighted by Crippen LogP contribution is -2.46. The van der Waals surface area contributed by atoms with Crippen LogP contribution < -0.4 is 0 Å². The maximum atomic E-state index is 8.91. The summed E-state index contributed by atoms with van der Waals surface area (Å²) in [5.41, 5.74) is 0. The maximum Gasteiger partial charge on any atom is 0.112 e. The van der Waals surface area contributed by atoms with Crippen molar-refractivity contribution in [2.75, 3.05) is 0 Å². The summed E-state index contributed by atoms with van der Waals surface area (Å²) in [5, 5.41) is 35.5. The summed E-state index contributed by atoms with van der Waals surface area (Å²) in [6, 6.07) is 0. The van der Waals surface area contributed by atoms with E-state index in [1.807, 2.05) is 0 Å². The van der Waals surface area contributed by atoms with Crippen LogP contribution in [0.4, 0.5) is 0 Å². The largest absolute Gasteiger partial charge is 0.387 e. The lowest BCUT2D eigenvalue weighted by molar-refractivity contribution is -0.0884. The molecule has 1 rings (SSSR count). The van der Waals surface area contributed by atoms with Gasteiger partial charge in [-0.3, -0.25) is 0 Å². The van der Waals surface area contributed by atoms with E-state index in [9.17, 15) is 0 Å². The van der Waals surface area contributed by atoms with Crippen molar-refractivity contribution >= 4 is 0 Å². The molecule has 0 fully saturated rings. The Hall–Kier alpha value is -0.420. The van der Waals surface area contributed by atoms with Crippen molar-refractivity contribution in [1.82, 2.24) is 0 Å². The van der Waals surface area contributed by atoms with Crippen molar-refractivity contribution in [2.24, 2.45) is 0 Å². The van der Waals surface area contributed by atoms with E-state index in [0.29, 0.717) is 0 Å². The molecule has 0 spiro atoms. The molecule has 0 saturated heterocycles. The number of hydrogen-bond donors (Lipinski definition) is 4. The summed E-state index contributed by atoms with van der Waals surface area (Å²) < 4.78 is 0. The van der Waals surface area contributed by atoms with Gasteiger partial charge in [0.25, 0.3) is 0 Å². The molecule has 0 bridgehead atoms. The average Bonchev–Trinajstić information content (AvgIpc) is 1.93. The average molecular weight is 146 g/mol. The van der Waals surface area contributed by atoms with Crippen LogP contribution in [0.2, 0.25) is 0 Å². The first-order valence-corrected chi connectivity index (χ1v) is 3.03. The summed E-state index contributed by atoms with van der Waals surface area (Å²) in [4.78, 5) is 0. The van der Waals surface area contributed by atoms with E-state index in [2.05, 4.69) is 0 Å². The van der Waals surface area contributed by atoms with Gasteiger partial charge < -0.3 is 20.4 Å². The van der Waals surface area contributed by atoms with Gasteiger partial charge in [0.2, 0.25) is 0 Å². The van der Waals surface area contributed by atoms with Crippen molar-refractivity contribution in [3.8, 4) is 0 Å². The van der Waals surface area contributed by atoms with E-state index in [-0.39, 0.29) is 0 Å². The summed E-state index contributed by atoms with van der Waals surface area (Å²) in [6.45, 7) is 0. The molecule has 0 heterocycles. The van der Waals surface area contributed by atoms with Gasteiger partial charge in [-0.1, -0.05) is 12.2 Å². The van der Waals surface area contributed by atoms with Crippen LogP contribution in [0.15, 0.2) is 12.2 Å².